The number of carbonyl (C=O) groups is 1. The summed E-state index contributed by atoms with van der Waals surface area (Å²) in [7, 11) is 0. The van der Waals surface area contributed by atoms with Gasteiger partial charge in [0.2, 0.25) is 0 Å². The van der Waals surface area contributed by atoms with Crippen LogP contribution in [0.25, 0.3) is 0 Å². The summed E-state index contributed by atoms with van der Waals surface area (Å²) in [6, 6.07) is 12.6. The molecule has 6 heteroatoms. The van der Waals surface area contributed by atoms with Crippen LogP contribution in [0.4, 0.5) is 0 Å². The molecule has 2 aromatic rings. The molecule has 2 N–H and O–H groups in total. The van der Waals surface area contributed by atoms with Gasteiger partial charge < -0.3 is 10.2 Å². The van der Waals surface area contributed by atoms with Crippen molar-refractivity contribution in [1.29, 1.82) is 0 Å². The Hall–Kier alpha value is -1.42. The number of halogens is 3. The fraction of sp³-hybridized carbons (Fsp3) is 0.0714. The maximum absolute atomic E-state index is 11.9. The maximum atomic E-state index is 11.9. The summed E-state index contributed by atoms with van der Waals surface area (Å²) in [6.45, 7) is 0. The molecule has 0 aliphatic rings. The molecular weight excluding hydrogens is 323 g/mol. The summed E-state index contributed by atoms with van der Waals surface area (Å²) < 4.78 is -0.750. The van der Waals surface area contributed by atoms with Crippen molar-refractivity contribution in [2.75, 3.05) is 0 Å². The van der Waals surface area contributed by atoms with E-state index >= 15 is 0 Å². The van der Waals surface area contributed by atoms with E-state index in [9.17, 15) is 9.90 Å². The molecule has 0 aliphatic carbocycles. The molecule has 0 saturated carbocycles. The minimum atomic E-state index is -0.750. The van der Waals surface area contributed by atoms with E-state index in [1.54, 1.807) is 24.3 Å². The number of alkyl halides is 3. The van der Waals surface area contributed by atoms with Crippen molar-refractivity contribution >= 4 is 40.6 Å². The Labute approximate surface area is 131 Å². The van der Waals surface area contributed by atoms with Crippen LogP contribution in [0.1, 0.15) is 15.9 Å². The Balaban J connectivity index is 0.000000444. The van der Waals surface area contributed by atoms with E-state index < -0.39 is 4.30 Å². The molecule has 0 radical (unpaired) electrons. The normalized spacial score (nSPS) is 9.80. The molecular formula is C14H11Cl3O3. The Morgan fingerprint density at radius 3 is 2.00 bits per heavy atom. The van der Waals surface area contributed by atoms with E-state index in [0.29, 0.717) is 5.56 Å². The van der Waals surface area contributed by atoms with Gasteiger partial charge in [0, 0.05) is 11.6 Å². The molecule has 106 valence electrons. The van der Waals surface area contributed by atoms with Crippen molar-refractivity contribution in [3.8, 4) is 11.5 Å². The Kier molecular flexibility index (Phi) is 6.65. The second-order valence-electron chi connectivity index (χ2n) is 3.64. The van der Waals surface area contributed by atoms with Gasteiger partial charge >= 0.3 is 0 Å². The fourth-order valence-corrected chi connectivity index (χ4v) is 1.46. The number of hydrogen-bond donors (Lipinski definition) is 2. The van der Waals surface area contributed by atoms with Gasteiger partial charge in [0.25, 0.3) is 0 Å². The van der Waals surface area contributed by atoms with Crippen LogP contribution in [-0.4, -0.2) is 20.3 Å². The van der Waals surface area contributed by atoms with Crippen LogP contribution >= 0.6 is 34.8 Å². The quantitative estimate of drug-likeness (QED) is 0.636. The van der Waals surface area contributed by atoms with Gasteiger partial charge in [0.1, 0.15) is 11.5 Å². The first-order chi connectivity index (χ1) is 9.41. The van der Waals surface area contributed by atoms with Crippen LogP contribution in [0.2, 0.25) is 0 Å². The lowest BCUT2D eigenvalue weighted by molar-refractivity contribution is 0.103. The van der Waals surface area contributed by atoms with Gasteiger partial charge in [-0.25, -0.2) is 0 Å². The second kappa shape index (κ2) is 8.00. The minimum absolute atomic E-state index is 0.0675. The molecule has 2 aromatic carbocycles. The van der Waals surface area contributed by atoms with E-state index in [0.717, 1.165) is 6.07 Å². The molecule has 2 rings (SSSR count). The molecule has 0 heterocycles. The van der Waals surface area contributed by atoms with Crippen molar-refractivity contribution < 1.29 is 15.0 Å². The number of aromatic hydroxyl groups is 2. The molecule has 0 fully saturated rings. The first-order valence-corrected chi connectivity index (χ1v) is 6.76. The number of hydrogen-bond acceptors (Lipinski definition) is 3. The number of carbonyl (C=O) groups excluding carboxylic acids is 1. The SMILES string of the molecule is ClC(Cl)Cl.O=C(c1ccccc1)c1ccc(O)cc1O. The molecule has 0 aromatic heterocycles. The number of ketones is 1. The zero-order valence-electron chi connectivity index (χ0n) is 10.1. The maximum Gasteiger partial charge on any atom is 0.196 e. The van der Waals surface area contributed by atoms with Crippen molar-refractivity contribution in [2.45, 2.75) is 4.30 Å². The van der Waals surface area contributed by atoms with E-state index in [1.807, 2.05) is 6.07 Å². The summed E-state index contributed by atoms with van der Waals surface area (Å²) in [6.07, 6.45) is 0. The van der Waals surface area contributed by atoms with Gasteiger partial charge in [-0.15, -0.1) is 0 Å². The first-order valence-electron chi connectivity index (χ1n) is 5.45. The van der Waals surface area contributed by atoms with Gasteiger partial charge in [0.05, 0.1) is 5.56 Å². The average molecular weight is 334 g/mol. The molecule has 0 unspecified atom stereocenters. The smallest absolute Gasteiger partial charge is 0.196 e. The zero-order valence-corrected chi connectivity index (χ0v) is 12.4. The summed E-state index contributed by atoms with van der Waals surface area (Å²) in [5.41, 5.74) is 0.687. The highest BCUT2D eigenvalue weighted by Crippen LogP contribution is 2.24. The lowest BCUT2D eigenvalue weighted by atomic mass is 10.0. The third kappa shape index (κ3) is 5.29. The summed E-state index contributed by atoms with van der Waals surface area (Å²) in [5.74, 6) is -0.547. The molecule has 0 saturated heterocycles. The highest BCUT2D eigenvalue weighted by molar-refractivity contribution is 6.63. The lowest BCUT2D eigenvalue weighted by Crippen LogP contribution is -2.00. The van der Waals surface area contributed by atoms with Crippen molar-refractivity contribution in [3.05, 3.63) is 59.7 Å². The van der Waals surface area contributed by atoms with Gasteiger partial charge in [-0.1, -0.05) is 65.1 Å². The molecule has 20 heavy (non-hydrogen) atoms. The Morgan fingerprint density at radius 2 is 1.50 bits per heavy atom. The summed E-state index contributed by atoms with van der Waals surface area (Å²) in [4.78, 5) is 11.9. The molecule has 3 nitrogen and oxygen atoms in total. The highest BCUT2D eigenvalue weighted by Gasteiger charge is 2.13. The Bertz CT molecular complexity index is 568. The molecule has 0 spiro atoms. The van der Waals surface area contributed by atoms with E-state index in [2.05, 4.69) is 0 Å². The van der Waals surface area contributed by atoms with E-state index in [1.165, 1.54) is 12.1 Å². The van der Waals surface area contributed by atoms with Gasteiger partial charge in [-0.05, 0) is 12.1 Å². The third-order valence-corrected chi connectivity index (χ3v) is 2.26. The molecule has 0 aliphatic heterocycles. The van der Waals surface area contributed by atoms with E-state index in [4.69, 9.17) is 39.9 Å². The zero-order chi connectivity index (χ0) is 15.1. The lowest BCUT2D eigenvalue weighted by Gasteiger charge is -2.04. The van der Waals surface area contributed by atoms with Crippen LogP contribution in [0.15, 0.2) is 48.5 Å². The van der Waals surface area contributed by atoms with Crippen LogP contribution in [0, 0.1) is 0 Å². The number of rotatable bonds is 2. The third-order valence-electron chi connectivity index (χ3n) is 2.26. The van der Waals surface area contributed by atoms with E-state index in [-0.39, 0.29) is 22.8 Å². The largest absolute Gasteiger partial charge is 0.508 e. The van der Waals surface area contributed by atoms with Crippen LogP contribution in [0.3, 0.4) is 0 Å². The van der Waals surface area contributed by atoms with Crippen LogP contribution in [0.5, 0.6) is 11.5 Å². The van der Waals surface area contributed by atoms with Gasteiger partial charge in [-0.2, -0.15) is 0 Å². The number of phenols is 2. The van der Waals surface area contributed by atoms with Crippen LogP contribution < -0.4 is 0 Å². The molecule has 0 amide bonds. The van der Waals surface area contributed by atoms with Gasteiger partial charge in [-0.3, -0.25) is 4.79 Å². The molecule has 0 atom stereocenters. The van der Waals surface area contributed by atoms with Crippen molar-refractivity contribution in [3.63, 3.8) is 0 Å². The average Bonchev–Trinajstić information content (AvgIpc) is 2.38. The monoisotopic (exact) mass is 332 g/mol. The van der Waals surface area contributed by atoms with Crippen molar-refractivity contribution in [2.24, 2.45) is 0 Å². The summed E-state index contributed by atoms with van der Waals surface area (Å²) in [5, 5.41) is 18.7. The Morgan fingerprint density at radius 1 is 0.950 bits per heavy atom. The van der Waals surface area contributed by atoms with Crippen LogP contribution in [-0.2, 0) is 0 Å². The molecule has 0 bridgehead atoms. The van der Waals surface area contributed by atoms with Crippen molar-refractivity contribution in [1.82, 2.24) is 0 Å². The summed E-state index contributed by atoms with van der Waals surface area (Å²) >= 11 is 14.4. The topological polar surface area (TPSA) is 57.5 Å². The standard InChI is InChI=1S/C13H10O3.CHCl3/c14-10-6-7-11(12(15)8-10)13(16)9-4-2-1-3-5-9;2-1(3)4/h1-8,14-15H;1H. The fourth-order valence-electron chi connectivity index (χ4n) is 1.46. The predicted octanol–water partition coefficient (Wildman–Crippen LogP) is 4.32. The number of benzene rings is 2. The first kappa shape index (κ1) is 16.6. The highest BCUT2D eigenvalue weighted by atomic mass is 35.6. The second-order valence-corrected chi connectivity index (χ2v) is 5.62. The van der Waals surface area contributed by atoms with Gasteiger partial charge in [0.15, 0.2) is 10.1 Å². The minimum Gasteiger partial charge on any atom is -0.508 e. The predicted molar refractivity (Wildman–Crippen MR) is 81.0 cm³/mol. The number of phenolic OH excluding ortho intramolecular Hbond substituents is 2.